The Morgan fingerprint density at radius 1 is 1.15 bits per heavy atom. The third kappa shape index (κ3) is 5.36. The van der Waals surface area contributed by atoms with Crippen molar-refractivity contribution >= 4 is 27.4 Å². The van der Waals surface area contributed by atoms with Crippen molar-refractivity contribution in [3.05, 3.63) is 70.5 Å². The van der Waals surface area contributed by atoms with Gasteiger partial charge in [0.25, 0.3) is 10.0 Å². The van der Waals surface area contributed by atoms with Crippen LogP contribution in [0.5, 0.6) is 0 Å². The van der Waals surface area contributed by atoms with Crippen LogP contribution in [0.3, 0.4) is 0 Å². The van der Waals surface area contributed by atoms with E-state index >= 15 is 0 Å². The summed E-state index contributed by atoms with van der Waals surface area (Å²) >= 11 is 0. The van der Waals surface area contributed by atoms with Gasteiger partial charge in [0.2, 0.25) is 0 Å². The molecule has 3 rings (SSSR count). The Kier molecular flexibility index (Phi) is 7.12. The number of aryl methyl sites for hydroxylation is 3. The number of carboxylic acids is 1. The van der Waals surface area contributed by atoms with Crippen LogP contribution in [0, 0.1) is 20.8 Å². The maximum atomic E-state index is 12.7. The van der Waals surface area contributed by atoms with Crippen LogP contribution >= 0.6 is 0 Å². The molecule has 2 N–H and O–H groups in total. The van der Waals surface area contributed by atoms with Gasteiger partial charge in [-0.2, -0.15) is 5.10 Å². The lowest BCUT2D eigenvalue weighted by Gasteiger charge is -2.22. The maximum Gasteiger partial charge on any atom is 0.337 e. The molecule has 0 saturated carbocycles. The first-order valence-electron chi connectivity index (χ1n) is 10.7. The Balaban J connectivity index is 1.82. The number of nitrogens with one attached hydrogen (secondary N) is 1. The highest BCUT2D eigenvalue weighted by molar-refractivity contribution is 7.92. The van der Waals surface area contributed by atoms with E-state index in [0.29, 0.717) is 12.2 Å². The van der Waals surface area contributed by atoms with Gasteiger partial charge >= 0.3 is 5.97 Å². The number of carboxylic acid groups (broad SMARTS) is 1. The van der Waals surface area contributed by atoms with Gasteiger partial charge in [-0.3, -0.25) is 9.40 Å². The molecule has 0 fully saturated rings. The number of anilines is 2. The quantitative estimate of drug-likeness (QED) is 0.490. The van der Waals surface area contributed by atoms with Crippen LogP contribution < -0.4 is 9.62 Å². The number of nitrogens with zero attached hydrogens (tertiary/aromatic N) is 3. The van der Waals surface area contributed by atoms with E-state index in [0.717, 1.165) is 35.5 Å². The van der Waals surface area contributed by atoms with Crippen molar-refractivity contribution in [3.63, 3.8) is 0 Å². The fraction of sp³-hybridized carbons (Fsp3) is 0.333. The molecule has 33 heavy (non-hydrogen) atoms. The Morgan fingerprint density at radius 3 is 2.48 bits per heavy atom. The predicted molar refractivity (Wildman–Crippen MR) is 130 cm³/mol. The molecular weight excluding hydrogens is 440 g/mol. The normalized spacial score (nSPS) is 11.4. The van der Waals surface area contributed by atoms with E-state index in [4.69, 9.17) is 0 Å². The minimum atomic E-state index is -3.83. The first-order valence-corrected chi connectivity index (χ1v) is 12.2. The summed E-state index contributed by atoms with van der Waals surface area (Å²) in [6.07, 6.45) is 0.717. The third-order valence-electron chi connectivity index (χ3n) is 5.72. The van der Waals surface area contributed by atoms with Gasteiger partial charge < -0.3 is 10.0 Å². The van der Waals surface area contributed by atoms with Crippen molar-refractivity contribution in [3.8, 4) is 0 Å². The summed E-state index contributed by atoms with van der Waals surface area (Å²) in [7, 11) is -2.01. The van der Waals surface area contributed by atoms with E-state index in [1.807, 2.05) is 50.4 Å². The Hall–Kier alpha value is -3.33. The molecule has 0 saturated heterocycles. The van der Waals surface area contributed by atoms with Crippen molar-refractivity contribution in [1.82, 2.24) is 9.78 Å². The van der Waals surface area contributed by atoms with E-state index in [1.54, 1.807) is 24.3 Å². The number of hydrogen-bond acceptors (Lipinski definition) is 5. The molecule has 0 aliphatic rings. The van der Waals surface area contributed by atoms with Gasteiger partial charge in [-0.15, -0.1) is 0 Å². The molecule has 9 heteroatoms. The molecule has 0 bridgehead atoms. The van der Waals surface area contributed by atoms with Gasteiger partial charge in [-0.25, -0.2) is 13.2 Å². The molecule has 0 spiro atoms. The number of hydrogen-bond donors (Lipinski definition) is 2. The summed E-state index contributed by atoms with van der Waals surface area (Å²) in [6.45, 7) is 9.26. The first-order chi connectivity index (χ1) is 15.5. The lowest BCUT2D eigenvalue weighted by atomic mass is 10.1. The van der Waals surface area contributed by atoms with Crippen LogP contribution in [-0.4, -0.2) is 42.9 Å². The third-order valence-corrected chi connectivity index (χ3v) is 7.10. The lowest BCUT2D eigenvalue weighted by molar-refractivity contribution is 0.0697. The summed E-state index contributed by atoms with van der Waals surface area (Å²) in [5.41, 5.74) is 4.80. The average molecular weight is 471 g/mol. The number of aromatic carboxylic acids is 1. The molecule has 0 aliphatic carbocycles. The van der Waals surface area contributed by atoms with Crippen molar-refractivity contribution in [2.45, 2.75) is 45.6 Å². The summed E-state index contributed by atoms with van der Waals surface area (Å²) < 4.78 is 29.9. The van der Waals surface area contributed by atoms with Crippen LogP contribution in [0.4, 0.5) is 11.4 Å². The van der Waals surface area contributed by atoms with Crippen molar-refractivity contribution in [2.75, 3.05) is 23.2 Å². The molecule has 0 amide bonds. The van der Waals surface area contributed by atoms with E-state index in [9.17, 15) is 18.3 Å². The monoisotopic (exact) mass is 470 g/mol. The van der Waals surface area contributed by atoms with Gasteiger partial charge in [0.1, 0.15) is 0 Å². The molecule has 1 heterocycles. The summed E-state index contributed by atoms with van der Waals surface area (Å²) in [4.78, 5) is 14.0. The number of likely N-dealkylation sites (N-methyl/N-ethyl adjacent to an activating group) is 1. The van der Waals surface area contributed by atoms with E-state index in [-0.39, 0.29) is 16.1 Å². The zero-order valence-corrected chi connectivity index (χ0v) is 20.4. The number of carbonyl (C=O) groups is 1. The number of aromatic nitrogens is 2. The molecular formula is C24H30N4O4S. The lowest BCUT2D eigenvalue weighted by Crippen LogP contribution is -2.23. The number of benzene rings is 2. The molecule has 2 aromatic carbocycles. The second-order valence-corrected chi connectivity index (χ2v) is 9.78. The van der Waals surface area contributed by atoms with Gasteiger partial charge in [-0.05, 0) is 75.6 Å². The fourth-order valence-electron chi connectivity index (χ4n) is 3.90. The molecule has 176 valence electrons. The SMILES string of the molecule is CCn1nc(C)c(CCN(C)c2ccc(NS(=O)(=O)c3cccc(C)c3)cc2C(=O)O)c1C. The van der Waals surface area contributed by atoms with Crippen LogP contribution in [0.1, 0.15) is 39.8 Å². The largest absolute Gasteiger partial charge is 0.478 e. The second-order valence-electron chi connectivity index (χ2n) is 8.10. The van der Waals surface area contributed by atoms with Crippen molar-refractivity contribution in [1.29, 1.82) is 0 Å². The molecule has 0 aliphatic heterocycles. The molecule has 0 atom stereocenters. The number of rotatable bonds is 9. The Bertz CT molecular complexity index is 1280. The summed E-state index contributed by atoms with van der Waals surface area (Å²) in [5, 5.41) is 14.3. The minimum Gasteiger partial charge on any atom is -0.478 e. The highest BCUT2D eigenvalue weighted by Gasteiger charge is 2.19. The van der Waals surface area contributed by atoms with Gasteiger partial charge in [0.05, 0.1) is 21.8 Å². The zero-order chi connectivity index (χ0) is 24.3. The van der Waals surface area contributed by atoms with Crippen LogP contribution in [0.25, 0.3) is 0 Å². The van der Waals surface area contributed by atoms with Gasteiger partial charge in [0, 0.05) is 31.5 Å². The summed E-state index contributed by atoms with van der Waals surface area (Å²) in [5.74, 6) is -1.13. The van der Waals surface area contributed by atoms with Crippen LogP contribution in [0.15, 0.2) is 47.4 Å². The van der Waals surface area contributed by atoms with Crippen molar-refractivity contribution in [2.24, 2.45) is 0 Å². The van der Waals surface area contributed by atoms with Gasteiger partial charge in [0.15, 0.2) is 0 Å². The Labute approximate surface area is 194 Å². The fourth-order valence-corrected chi connectivity index (χ4v) is 5.06. The molecule has 0 radical (unpaired) electrons. The van der Waals surface area contributed by atoms with E-state index < -0.39 is 16.0 Å². The average Bonchev–Trinajstić information content (AvgIpc) is 3.04. The molecule has 8 nitrogen and oxygen atoms in total. The summed E-state index contributed by atoms with van der Waals surface area (Å²) in [6, 6.07) is 11.1. The standard InChI is InChI=1S/C24H30N4O4S/c1-6-28-18(4)21(17(3)25-28)12-13-27(5)23-11-10-19(15-22(23)24(29)30)26-33(31,32)20-9-7-8-16(2)14-20/h7-11,14-15,26H,6,12-13H2,1-5H3,(H,29,30). The van der Waals surface area contributed by atoms with Crippen LogP contribution in [0.2, 0.25) is 0 Å². The highest BCUT2D eigenvalue weighted by Crippen LogP contribution is 2.26. The number of sulfonamides is 1. The maximum absolute atomic E-state index is 12.7. The highest BCUT2D eigenvalue weighted by atomic mass is 32.2. The van der Waals surface area contributed by atoms with E-state index in [2.05, 4.69) is 9.82 Å². The molecule has 3 aromatic rings. The van der Waals surface area contributed by atoms with Gasteiger partial charge in [-0.1, -0.05) is 12.1 Å². The zero-order valence-electron chi connectivity index (χ0n) is 19.6. The minimum absolute atomic E-state index is 0.0274. The first kappa shape index (κ1) is 24.3. The smallest absolute Gasteiger partial charge is 0.337 e. The van der Waals surface area contributed by atoms with Crippen LogP contribution in [-0.2, 0) is 23.0 Å². The second kappa shape index (κ2) is 9.66. The molecule has 1 aromatic heterocycles. The Morgan fingerprint density at radius 2 is 1.88 bits per heavy atom. The topological polar surface area (TPSA) is 105 Å². The van der Waals surface area contributed by atoms with Crippen molar-refractivity contribution < 1.29 is 18.3 Å². The van der Waals surface area contributed by atoms with E-state index in [1.165, 1.54) is 12.1 Å². The predicted octanol–water partition coefficient (Wildman–Crippen LogP) is 4.01. The molecule has 0 unspecified atom stereocenters.